The first-order chi connectivity index (χ1) is 14.0. The minimum atomic E-state index is -0.405. The van der Waals surface area contributed by atoms with Gasteiger partial charge < -0.3 is 9.88 Å². The Labute approximate surface area is 176 Å². The minimum absolute atomic E-state index is 0.0995. The van der Waals surface area contributed by atoms with E-state index in [9.17, 15) is 9.18 Å². The Bertz CT molecular complexity index is 1030. The molecular formula is C19H18ClFN6OS. The molecule has 1 aromatic heterocycles. The van der Waals surface area contributed by atoms with Crippen molar-refractivity contribution in [2.45, 2.75) is 11.7 Å². The molecule has 0 saturated heterocycles. The molecule has 0 saturated carbocycles. The zero-order chi connectivity index (χ0) is 20.6. The molecule has 0 radical (unpaired) electrons. The van der Waals surface area contributed by atoms with E-state index in [2.05, 4.69) is 26.0 Å². The molecule has 0 fully saturated rings. The van der Waals surface area contributed by atoms with Crippen LogP contribution < -0.4 is 10.7 Å². The van der Waals surface area contributed by atoms with Crippen molar-refractivity contribution in [2.75, 3.05) is 11.1 Å². The number of hydrazone groups is 1. The number of rotatable bonds is 8. The van der Waals surface area contributed by atoms with Gasteiger partial charge in [-0.3, -0.25) is 4.79 Å². The number of nitrogens with one attached hydrogen (secondary N) is 2. The number of benzene rings is 2. The van der Waals surface area contributed by atoms with Gasteiger partial charge in [0.2, 0.25) is 0 Å². The van der Waals surface area contributed by atoms with E-state index < -0.39 is 5.82 Å². The van der Waals surface area contributed by atoms with E-state index in [1.54, 1.807) is 28.8 Å². The van der Waals surface area contributed by atoms with Crippen LogP contribution in [-0.2, 0) is 18.4 Å². The molecule has 10 heteroatoms. The smallest absolute Gasteiger partial charge is 0.250 e. The average molecular weight is 433 g/mol. The van der Waals surface area contributed by atoms with Gasteiger partial charge in [0.15, 0.2) is 11.0 Å². The van der Waals surface area contributed by atoms with E-state index in [4.69, 9.17) is 11.6 Å². The van der Waals surface area contributed by atoms with Crippen molar-refractivity contribution in [1.82, 2.24) is 20.2 Å². The number of aromatic nitrogens is 3. The maximum atomic E-state index is 13.5. The molecule has 29 heavy (non-hydrogen) atoms. The molecule has 0 spiro atoms. The van der Waals surface area contributed by atoms with Crippen LogP contribution in [-0.4, -0.2) is 32.6 Å². The van der Waals surface area contributed by atoms with Gasteiger partial charge in [-0.2, -0.15) is 5.10 Å². The summed E-state index contributed by atoms with van der Waals surface area (Å²) in [6, 6.07) is 13.6. The quantitative estimate of drug-likeness (QED) is 0.323. The molecule has 0 unspecified atom stereocenters. The summed E-state index contributed by atoms with van der Waals surface area (Å²) in [7, 11) is 1.82. The summed E-state index contributed by atoms with van der Waals surface area (Å²) < 4.78 is 15.3. The van der Waals surface area contributed by atoms with Crippen LogP contribution in [0.2, 0.25) is 5.02 Å². The summed E-state index contributed by atoms with van der Waals surface area (Å²) in [5.74, 6) is 0.0787. The largest absolute Gasteiger partial charge is 0.378 e. The molecule has 2 aromatic carbocycles. The first-order valence-corrected chi connectivity index (χ1v) is 9.96. The van der Waals surface area contributed by atoms with Gasteiger partial charge in [0.05, 0.1) is 18.5 Å². The Balaban J connectivity index is 1.48. The number of halogens is 2. The molecule has 1 amide bonds. The monoisotopic (exact) mass is 432 g/mol. The zero-order valence-electron chi connectivity index (χ0n) is 15.5. The maximum absolute atomic E-state index is 13.5. The summed E-state index contributed by atoms with van der Waals surface area (Å²) in [5.41, 5.74) is 3.54. The SMILES string of the molecule is Cn1c(CNc2cccc(Cl)c2)nnc1SCC(=O)N/N=C\c1ccccc1F. The number of hydrogen-bond acceptors (Lipinski definition) is 6. The van der Waals surface area contributed by atoms with E-state index in [0.717, 1.165) is 5.69 Å². The number of hydrogen-bond donors (Lipinski definition) is 2. The highest BCUT2D eigenvalue weighted by Crippen LogP contribution is 2.18. The summed E-state index contributed by atoms with van der Waals surface area (Å²) in [4.78, 5) is 11.9. The lowest BCUT2D eigenvalue weighted by molar-refractivity contribution is -0.118. The molecule has 0 aliphatic rings. The molecule has 0 atom stereocenters. The van der Waals surface area contributed by atoms with Crippen LogP contribution in [0, 0.1) is 5.82 Å². The number of anilines is 1. The molecule has 3 rings (SSSR count). The van der Waals surface area contributed by atoms with Crippen molar-refractivity contribution in [3.63, 3.8) is 0 Å². The zero-order valence-corrected chi connectivity index (χ0v) is 17.0. The van der Waals surface area contributed by atoms with Gasteiger partial charge in [-0.1, -0.05) is 47.6 Å². The van der Waals surface area contributed by atoms with Gasteiger partial charge in [0.25, 0.3) is 5.91 Å². The van der Waals surface area contributed by atoms with Crippen LogP contribution in [0.25, 0.3) is 0 Å². The Kier molecular flexibility index (Phi) is 7.20. The van der Waals surface area contributed by atoms with Crippen molar-refractivity contribution in [1.29, 1.82) is 0 Å². The van der Waals surface area contributed by atoms with Crippen molar-refractivity contribution in [3.05, 3.63) is 70.8 Å². The predicted molar refractivity (Wildman–Crippen MR) is 113 cm³/mol. The molecule has 3 aromatic rings. The molecule has 0 aliphatic heterocycles. The second kappa shape index (κ2) is 10.0. The molecule has 0 bridgehead atoms. The fraction of sp³-hybridized carbons (Fsp3) is 0.158. The third-order valence-electron chi connectivity index (χ3n) is 3.83. The Morgan fingerprint density at radius 2 is 2.10 bits per heavy atom. The molecule has 0 aliphatic carbocycles. The third kappa shape index (κ3) is 6.03. The topological polar surface area (TPSA) is 84.2 Å². The number of amides is 1. The van der Waals surface area contributed by atoms with Crippen LogP contribution >= 0.6 is 23.4 Å². The van der Waals surface area contributed by atoms with Crippen molar-refractivity contribution >= 4 is 41.2 Å². The second-order valence-corrected chi connectivity index (χ2v) is 7.30. The van der Waals surface area contributed by atoms with Crippen LogP contribution in [0.15, 0.2) is 58.8 Å². The normalized spacial score (nSPS) is 11.0. The van der Waals surface area contributed by atoms with E-state index in [1.165, 1.54) is 24.0 Å². The average Bonchev–Trinajstić information content (AvgIpc) is 3.06. The fourth-order valence-electron chi connectivity index (χ4n) is 2.32. The third-order valence-corrected chi connectivity index (χ3v) is 5.09. The number of thioether (sulfide) groups is 1. The summed E-state index contributed by atoms with van der Waals surface area (Å²) in [6.07, 6.45) is 1.26. The first kappa shape index (κ1) is 20.8. The van der Waals surface area contributed by atoms with E-state index >= 15 is 0 Å². The highest BCUT2D eigenvalue weighted by molar-refractivity contribution is 7.99. The minimum Gasteiger partial charge on any atom is -0.378 e. The second-order valence-electron chi connectivity index (χ2n) is 5.93. The van der Waals surface area contributed by atoms with Crippen LogP contribution in [0.3, 0.4) is 0 Å². The van der Waals surface area contributed by atoms with Crippen molar-refractivity contribution < 1.29 is 9.18 Å². The van der Waals surface area contributed by atoms with Crippen LogP contribution in [0.1, 0.15) is 11.4 Å². The van der Waals surface area contributed by atoms with Gasteiger partial charge in [-0.05, 0) is 24.3 Å². The van der Waals surface area contributed by atoms with Crippen LogP contribution in [0.4, 0.5) is 10.1 Å². The van der Waals surface area contributed by atoms with E-state index in [-0.39, 0.29) is 11.7 Å². The Morgan fingerprint density at radius 1 is 1.28 bits per heavy atom. The van der Waals surface area contributed by atoms with Gasteiger partial charge >= 0.3 is 0 Å². The highest BCUT2D eigenvalue weighted by atomic mass is 35.5. The van der Waals surface area contributed by atoms with E-state index in [0.29, 0.717) is 28.1 Å². The standard InChI is InChI=1S/C19H18ClFN6OS/c1-27-17(11-22-15-7-4-6-14(20)9-15)24-26-19(27)29-12-18(28)25-23-10-13-5-2-3-8-16(13)21/h2-10,22H,11-12H2,1H3,(H,25,28)/b23-10-. The Hall–Kier alpha value is -2.91. The van der Waals surface area contributed by atoms with E-state index in [1.807, 2.05) is 25.2 Å². The Morgan fingerprint density at radius 3 is 2.90 bits per heavy atom. The molecule has 1 heterocycles. The fourth-order valence-corrected chi connectivity index (χ4v) is 3.23. The number of carbonyl (C=O) groups excluding carboxylic acids is 1. The van der Waals surface area contributed by atoms with Crippen LogP contribution in [0.5, 0.6) is 0 Å². The molecular weight excluding hydrogens is 415 g/mol. The number of carbonyl (C=O) groups is 1. The molecule has 2 N–H and O–H groups in total. The lowest BCUT2D eigenvalue weighted by Crippen LogP contribution is -2.20. The summed E-state index contributed by atoms with van der Waals surface area (Å²) in [6.45, 7) is 0.462. The van der Waals surface area contributed by atoms with Crippen molar-refractivity contribution in [3.8, 4) is 0 Å². The lowest BCUT2D eigenvalue weighted by Gasteiger charge is -2.07. The highest BCUT2D eigenvalue weighted by Gasteiger charge is 2.11. The number of nitrogens with zero attached hydrogens (tertiary/aromatic N) is 4. The van der Waals surface area contributed by atoms with Gasteiger partial charge in [0.1, 0.15) is 5.82 Å². The first-order valence-electron chi connectivity index (χ1n) is 8.60. The molecule has 150 valence electrons. The predicted octanol–water partition coefficient (Wildman–Crippen LogP) is 3.46. The maximum Gasteiger partial charge on any atom is 0.250 e. The van der Waals surface area contributed by atoms with Gasteiger partial charge in [-0.25, -0.2) is 9.82 Å². The summed E-state index contributed by atoms with van der Waals surface area (Å²) in [5, 5.41) is 16.5. The lowest BCUT2D eigenvalue weighted by atomic mass is 10.2. The molecule has 7 nitrogen and oxygen atoms in total. The summed E-state index contributed by atoms with van der Waals surface area (Å²) >= 11 is 7.20. The van der Waals surface area contributed by atoms with Gasteiger partial charge in [0, 0.05) is 23.3 Å². The van der Waals surface area contributed by atoms with Crippen molar-refractivity contribution in [2.24, 2.45) is 12.1 Å². The van der Waals surface area contributed by atoms with Gasteiger partial charge in [-0.15, -0.1) is 10.2 Å².